The zero-order valence-corrected chi connectivity index (χ0v) is 9.19. The van der Waals surface area contributed by atoms with E-state index in [1.54, 1.807) is 6.07 Å². The van der Waals surface area contributed by atoms with E-state index in [4.69, 9.17) is 9.52 Å². The van der Waals surface area contributed by atoms with Crippen LogP contribution in [-0.2, 0) is 11.2 Å². The number of nitrogens with zero attached hydrogens (tertiary/aromatic N) is 1. The van der Waals surface area contributed by atoms with Gasteiger partial charge >= 0.3 is 5.97 Å². The first-order valence-electron chi connectivity index (χ1n) is 3.92. The van der Waals surface area contributed by atoms with Gasteiger partial charge in [-0.15, -0.1) is 0 Å². The van der Waals surface area contributed by atoms with Crippen molar-refractivity contribution in [3.05, 3.63) is 27.7 Å². The summed E-state index contributed by atoms with van der Waals surface area (Å²) >= 11 is 2.12. The highest BCUT2D eigenvalue weighted by Gasteiger charge is 2.10. The molecule has 4 nitrogen and oxygen atoms in total. The van der Waals surface area contributed by atoms with Crippen LogP contribution in [0.3, 0.4) is 0 Å². The van der Waals surface area contributed by atoms with E-state index >= 15 is 0 Å². The van der Waals surface area contributed by atoms with Crippen LogP contribution in [0.5, 0.6) is 0 Å². The third-order valence-electron chi connectivity index (χ3n) is 1.71. The van der Waals surface area contributed by atoms with Crippen LogP contribution in [0.2, 0.25) is 0 Å². The highest BCUT2D eigenvalue weighted by atomic mass is 127. The van der Waals surface area contributed by atoms with Gasteiger partial charge in [0.15, 0.2) is 5.58 Å². The van der Waals surface area contributed by atoms with E-state index in [-0.39, 0.29) is 12.3 Å². The minimum Gasteiger partial charge on any atom is -0.481 e. The van der Waals surface area contributed by atoms with Crippen molar-refractivity contribution in [1.29, 1.82) is 0 Å². The SMILES string of the molecule is O=C(O)Cc1nc2cccc(I)c2o1. The van der Waals surface area contributed by atoms with Gasteiger partial charge in [0.25, 0.3) is 0 Å². The number of aliphatic carboxylic acids is 1. The topological polar surface area (TPSA) is 63.3 Å². The van der Waals surface area contributed by atoms with Crippen LogP contribution < -0.4 is 0 Å². The number of rotatable bonds is 2. The second-order valence-electron chi connectivity index (χ2n) is 2.77. The Labute approximate surface area is 93.1 Å². The van der Waals surface area contributed by atoms with Gasteiger partial charge in [-0.3, -0.25) is 4.79 Å². The van der Waals surface area contributed by atoms with Crippen LogP contribution in [0.1, 0.15) is 5.89 Å². The molecule has 1 heterocycles. The zero-order chi connectivity index (χ0) is 10.1. The molecule has 0 bridgehead atoms. The van der Waals surface area contributed by atoms with E-state index < -0.39 is 5.97 Å². The molecule has 5 heteroatoms. The smallest absolute Gasteiger partial charge is 0.312 e. The predicted molar refractivity (Wildman–Crippen MR) is 58.1 cm³/mol. The van der Waals surface area contributed by atoms with Gasteiger partial charge in [0.1, 0.15) is 11.9 Å². The maximum Gasteiger partial charge on any atom is 0.312 e. The van der Waals surface area contributed by atoms with Crippen LogP contribution in [0.25, 0.3) is 11.1 Å². The molecule has 1 aromatic carbocycles. The van der Waals surface area contributed by atoms with E-state index in [0.29, 0.717) is 11.1 Å². The molecule has 14 heavy (non-hydrogen) atoms. The second-order valence-corrected chi connectivity index (χ2v) is 3.93. The van der Waals surface area contributed by atoms with Crippen molar-refractivity contribution >= 4 is 39.7 Å². The van der Waals surface area contributed by atoms with E-state index in [1.807, 2.05) is 12.1 Å². The van der Waals surface area contributed by atoms with Crippen molar-refractivity contribution in [2.45, 2.75) is 6.42 Å². The summed E-state index contributed by atoms with van der Waals surface area (Å²) in [6, 6.07) is 5.54. The Morgan fingerprint density at radius 2 is 2.36 bits per heavy atom. The average Bonchev–Trinajstić information content (AvgIpc) is 2.47. The lowest BCUT2D eigenvalue weighted by molar-refractivity contribution is -0.136. The van der Waals surface area contributed by atoms with E-state index in [9.17, 15) is 4.79 Å². The number of aromatic nitrogens is 1. The van der Waals surface area contributed by atoms with Gasteiger partial charge in [-0.2, -0.15) is 0 Å². The number of hydrogen-bond donors (Lipinski definition) is 1. The Hall–Kier alpha value is -1.11. The summed E-state index contributed by atoms with van der Waals surface area (Å²) in [4.78, 5) is 14.5. The van der Waals surface area contributed by atoms with E-state index in [1.165, 1.54) is 0 Å². The number of carbonyl (C=O) groups is 1. The molecule has 0 spiro atoms. The largest absolute Gasteiger partial charge is 0.481 e. The summed E-state index contributed by atoms with van der Waals surface area (Å²) in [6.07, 6.45) is -0.176. The van der Waals surface area contributed by atoms with Gasteiger partial charge in [0, 0.05) is 0 Å². The molecule has 0 fully saturated rings. The first kappa shape index (κ1) is 9.45. The van der Waals surface area contributed by atoms with E-state index in [2.05, 4.69) is 27.6 Å². The summed E-state index contributed by atoms with van der Waals surface area (Å²) in [5, 5.41) is 8.56. The first-order chi connectivity index (χ1) is 6.66. The van der Waals surface area contributed by atoms with Crippen molar-refractivity contribution < 1.29 is 14.3 Å². The summed E-state index contributed by atoms with van der Waals surface area (Å²) in [6.45, 7) is 0. The number of hydrogen-bond acceptors (Lipinski definition) is 3. The molecule has 0 aliphatic carbocycles. The van der Waals surface area contributed by atoms with Crippen molar-refractivity contribution in [1.82, 2.24) is 4.98 Å². The lowest BCUT2D eigenvalue weighted by Crippen LogP contribution is -1.99. The molecule has 0 atom stereocenters. The number of carboxylic acid groups (broad SMARTS) is 1. The number of fused-ring (bicyclic) bond motifs is 1. The normalized spacial score (nSPS) is 10.6. The average molecular weight is 303 g/mol. The molecule has 0 saturated carbocycles. The molecule has 2 rings (SSSR count). The Kier molecular flexibility index (Phi) is 2.40. The number of para-hydroxylation sites is 1. The number of halogens is 1. The zero-order valence-electron chi connectivity index (χ0n) is 7.03. The molecule has 0 saturated heterocycles. The summed E-state index contributed by atoms with van der Waals surface area (Å²) in [5.74, 6) is -0.691. The van der Waals surface area contributed by atoms with Crippen molar-refractivity contribution in [3.8, 4) is 0 Å². The molecule has 0 unspecified atom stereocenters. The molecule has 72 valence electrons. The van der Waals surface area contributed by atoms with Crippen LogP contribution in [0.15, 0.2) is 22.6 Å². The van der Waals surface area contributed by atoms with E-state index in [0.717, 1.165) is 3.57 Å². The quantitative estimate of drug-likeness (QED) is 0.863. The third kappa shape index (κ3) is 1.72. The maximum atomic E-state index is 10.4. The van der Waals surface area contributed by atoms with Gasteiger partial charge in [-0.1, -0.05) is 6.07 Å². The predicted octanol–water partition coefficient (Wildman–Crippen LogP) is 2.06. The number of oxazole rings is 1. The van der Waals surface area contributed by atoms with Crippen LogP contribution in [0.4, 0.5) is 0 Å². The number of carboxylic acids is 1. The Morgan fingerprint density at radius 1 is 1.57 bits per heavy atom. The minimum atomic E-state index is -0.938. The number of benzene rings is 1. The van der Waals surface area contributed by atoms with Crippen LogP contribution in [0, 0.1) is 3.57 Å². The van der Waals surface area contributed by atoms with Crippen molar-refractivity contribution in [2.24, 2.45) is 0 Å². The Morgan fingerprint density at radius 3 is 3.00 bits per heavy atom. The van der Waals surface area contributed by atoms with Crippen LogP contribution >= 0.6 is 22.6 Å². The molecule has 0 aliphatic rings. The molecule has 0 amide bonds. The third-order valence-corrected chi connectivity index (χ3v) is 2.56. The van der Waals surface area contributed by atoms with Gasteiger partial charge in [-0.05, 0) is 34.7 Å². The summed E-state index contributed by atoms with van der Waals surface area (Å²) in [5.41, 5.74) is 1.36. The molecule has 1 aromatic heterocycles. The fourth-order valence-electron chi connectivity index (χ4n) is 1.17. The maximum absolute atomic E-state index is 10.4. The first-order valence-corrected chi connectivity index (χ1v) is 5.00. The van der Waals surface area contributed by atoms with Crippen molar-refractivity contribution in [2.75, 3.05) is 0 Å². The molecular formula is C9H6INO3. The van der Waals surface area contributed by atoms with Gasteiger partial charge in [0.2, 0.25) is 5.89 Å². The minimum absolute atomic E-state index is 0.176. The molecule has 2 aromatic rings. The Bertz CT molecular complexity index is 492. The fourth-order valence-corrected chi connectivity index (χ4v) is 1.76. The highest BCUT2D eigenvalue weighted by molar-refractivity contribution is 14.1. The lowest BCUT2D eigenvalue weighted by atomic mass is 10.3. The Balaban J connectivity index is 2.51. The van der Waals surface area contributed by atoms with Crippen molar-refractivity contribution in [3.63, 3.8) is 0 Å². The summed E-state index contributed by atoms with van der Waals surface area (Å²) in [7, 11) is 0. The standard InChI is InChI=1S/C9H6INO3/c10-5-2-1-3-6-9(5)14-7(11-6)4-8(12)13/h1-3H,4H2,(H,12,13). The molecule has 1 N–H and O–H groups in total. The van der Waals surface area contributed by atoms with Gasteiger partial charge < -0.3 is 9.52 Å². The highest BCUT2D eigenvalue weighted by Crippen LogP contribution is 2.21. The van der Waals surface area contributed by atoms with Gasteiger partial charge in [0.05, 0.1) is 3.57 Å². The lowest BCUT2D eigenvalue weighted by Gasteiger charge is -1.88. The molecule has 0 radical (unpaired) electrons. The van der Waals surface area contributed by atoms with Gasteiger partial charge in [-0.25, -0.2) is 4.98 Å². The molecule has 0 aliphatic heterocycles. The molecular weight excluding hydrogens is 297 g/mol. The monoisotopic (exact) mass is 303 g/mol. The second kappa shape index (κ2) is 3.56. The summed E-state index contributed by atoms with van der Waals surface area (Å²) < 4.78 is 6.24. The van der Waals surface area contributed by atoms with Crippen LogP contribution in [-0.4, -0.2) is 16.1 Å². The fraction of sp³-hybridized carbons (Fsp3) is 0.111.